The lowest BCUT2D eigenvalue weighted by molar-refractivity contribution is -0.298. The molecule has 0 spiro atoms. The largest absolute Gasteiger partial charge is 0.479 e. The first-order chi connectivity index (χ1) is 29.7. The molecule has 348 valence electrons. The van der Waals surface area contributed by atoms with Gasteiger partial charge in [0.15, 0.2) is 18.5 Å². The summed E-state index contributed by atoms with van der Waals surface area (Å²) in [5, 5.41) is 39.9. The number of aliphatic hydroxyl groups is 3. The van der Waals surface area contributed by atoms with Gasteiger partial charge in [0, 0.05) is 12.8 Å². The van der Waals surface area contributed by atoms with Crippen LogP contribution in [0.15, 0.2) is 72.9 Å². The Bertz CT molecular complexity index is 1290. The van der Waals surface area contributed by atoms with Gasteiger partial charge in [0.25, 0.3) is 0 Å². The molecule has 0 bridgehead atoms. The number of unbranched alkanes of at least 4 members (excludes halogenated alkanes) is 15. The summed E-state index contributed by atoms with van der Waals surface area (Å²) in [6.45, 7) is 3.66. The second-order valence-electron chi connectivity index (χ2n) is 15.9. The molecule has 4 N–H and O–H groups in total. The highest BCUT2D eigenvalue weighted by Crippen LogP contribution is 2.23. The Hall–Kier alpha value is -3.35. The van der Waals surface area contributed by atoms with Crippen LogP contribution in [0.4, 0.5) is 0 Å². The number of rotatable bonds is 38. The van der Waals surface area contributed by atoms with E-state index >= 15 is 0 Å². The average molecular weight is 859 g/mol. The summed E-state index contributed by atoms with van der Waals surface area (Å²) in [4.78, 5) is 36.9. The monoisotopic (exact) mass is 859 g/mol. The van der Waals surface area contributed by atoms with Gasteiger partial charge in [-0.15, -0.1) is 0 Å². The Morgan fingerprint density at radius 2 is 0.967 bits per heavy atom. The van der Waals surface area contributed by atoms with Crippen molar-refractivity contribution in [2.45, 2.75) is 211 Å². The van der Waals surface area contributed by atoms with E-state index in [1.165, 1.54) is 44.9 Å². The minimum Gasteiger partial charge on any atom is -0.479 e. The topological polar surface area (TPSA) is 169 Å². The Morgan fingerprint density at radius 3 is 1.49 bits per heavy atom. The lowest BCUT2D eigenvalue weighted by atomic mass is 9.99. The number of allylic oxidation sites excluding steroid dienone is 12. The van der Waals surface area contributed by atoms with Crippen LogP contribution < -0.4 is 0 Å². The molecule has 0 aromatic rings. The number of ether oxygens (including phenoxy) is 4. The number of carboxylic acid groups (broad SMARTS) is 1. The minimum atomic E-state index is -1.87. The number of hydrogen-bond acceptors (Lipinski definition) is 10. The van der Waals surface area contributed by atoms with E-state index in [0.29, 0.717) is 12.8 Å². The maximum atomic E-state index is 12.8. The van der Waals surface area contributed by atoms with Gasteiger partial charge >= 0.3 is 17.9 Å². The molecule has 1 saturated heterocycles. The third-order valence-electron chi connectivity index (χ3n) is 10.3. The quantitative estimate of drug-likeness (QED) is 0.0265. The van der Waals surface area contributed by atoms with Crippen molar-refractivity contribution in [3.8, 4) is 0 Å². The van der Waals surface area contributed by atoms with Crippen LogP contribution in [0.25, 0.3) is 0 Å². The van der Waals surface area contributed by atoms with Gasteiger partial charge in [0.05, 0.1) is 6.61 Å². The summed E-state index contributed by atoms with van der Waals surface area (Å²) in [7, 11) is 0. The molecule has 0 saturated carbocycles. The lowest BCUT2D eigenvalue weighted by Gasteiger charge is -2.38. The first-order valence-corrected chi connectivity index (χ1v) is 23.5. The molecule has 0 aromatic heterocycles. The highest BCUT2D eigenvalue weighted by atomic mass is 16.7. The zero-order valence-corrected chi connectivity index (χ0v) is 37.6. The van der Waals surface area contributed by atoms with Crippen LogP contribution in [0.5, 0.6) is 0 Å². The van der Waals surface area contributed by atoms with Gasteiger partial charge < -0.3 is 39.4 Å². The molecule has 6 atom stereocenters. The summed E-state index contributed by atoms with van der Waals surface area (Å²) >= 11 is 0. The van der Waals surface area contributed by atoms with Crippen molar-refractivity contribution in [2.75, 3.05) is 13.2 Å². The van der Waals surface area contributed by atoms with E-state index in [-0.39, 0.29) is 19.4 Å². The molecular formula is C50H82O11. The fourth-order valence-electron chi connectivity index (χ4n) is 6.60. The first-order valence-electron chi connectivity index (χ1n) is 23.5. The fraction of sp³-hybridized carbons (Fsp3) is 0.700. The van der Waals surface area contributed by atoms with E-state index in [9.17, 15) is 34.8 Å². The number of hydrogen-bond donors (Lipinski definition) is 4. The molecule has 1 fully saturated rings. The van der Waals surface area contributed by atoms with Gasteiger partial charge in [0.1, 0.15) is 24.9 Å². The SMILES string of the molecule is CC/C=C\C/C=C\C/C=C\C/C=C\C/C=C\CCCCCC(=O)OCC(COC1OC(C(=O)O)C(O)C(O)C1O)OC(=O)CCCCCCC/C=C\CCCCCCCCC. The van der Waals surface area contributed by atoms with Gasteiger partial charge in [-0.3, -0.25) is 9.59 Å². The molecule has 11 nitrogen and oxygen atoms in total. The third-order valence-corrected chi connectivity index (χ3v) is 10.3. The molecule has 0 aromatic carbocycles. The van der Waals surface area contributed by atoms with Gasteiger partial charge in [0.2, 0.25) is 0 Å². The predicted octanol–water partition coefficient (Wildman–Crippen LogP) is 10.5. The molecule has 61 heavy (non-hydrogen) atoms. The number of esters is 2. The maximum absolute atomic E-state index is 12.8. The zero-order valence-electron chi connectivity index (χ0n) is 37.6. The molecule has 1 rings (SSSR count). The van der Waals surface area contributed by atoms with Crippen LogP contribution in [0.3, 0.4) is 0 Å². The van der Waals surface area contributed by atoms with E-state index in [1.807, 2.05) is 0 Å². The lowest BCUT2D eigenvalue weighted by Crippen LogP contribution is -2.60. The normalized spacial score (nSPS) is 20.3. The zero-order chi connectivity index (χ0) is 44.6. The molecule has 6 unspecified atom stereocenters. The Kier molecular flexibility index (Phi) is 36.0. The van der Waals surface area contributed by atoms with Gasteiger partial charge in [-0.2, -0.15) is 0 Å². The molecule has 0 amide bonds. The Labute approximate surface area is 368 Å². The summed E-state index contributed by atoms with van der Waals surface area (Å²) in [5.74, 6) is -2.50. The summed E-state index contributed by atoms with van der Waals surface area (Å²) in [6.07, 6.45) is 40.9. The average Bonchev–Trinajstić information content (AvgIpc) is 3.24. The Balaban J connectivity index is 2.39. The number of aliphatic hydroxyl groups excluding tert-OH is 3. The number of carbonyl (C=O) groups excluding carboxylic acids is 2. The molecular weight excluding hydrogens is 777 g/mol. The molecule has 1 aliphatic heterocycles. The summed E-state index contributed by atoms with van der Waals surface area (Å²) < 4.78 is 21.7. The number of aliphatic carboxylic acids is 1. The van der Waals surface area contributed by atoms with Gasteiger partial charge in [-0.05, 0) is 83.5 Å². The van der Waals surface area contributed by atoms with Crippen LogP contribution in [0.2, 0.25) is 0 Å². The highest BCUT2D eigenvalue weighted by Gasteiger charge is 2.47. The van der Waals surface area contributed by atoms with E-state index in [1.54, 1.807) is 0 Å². The van der Waals surface area contributed by atoms with E-state index < -0.39 is 61.3 Å². The van der Waals surface area contributed by atoms with E-state index in [2.05, 4.69) is 86.8 Å². The summed E-state index contributed by atoms with van der Waals surface area (Å²) in [6, 6.07) is 0. The van der Waals surface area contributed by atoms with Crippen LogP contribution in [0, 0.1) is 0 Å². The van der Waals surface area contributed by atoms with Crippen LogP contribution >= 0.6 is 0 Å². The van der Waals surface area contributed by atoms with Crippen molar-refractivity contribution in [1.82, 2.24) is 0 Å². The summed E-state index contributed by atoms with van der Waals surface area (Å²) in [5.41, 5.74) is 0. The van der Waals surface area contributed by atoms with Crippen LogP contribution in [-0.4, -0.2) is 88.4 Å². The van der Waals surface area contributed by atoms with E-state index in [4.69, 9.17) is 18.9 Å². The van der Waals surface area contributed by atoms with Crippen molar-refractivity contribution in [3.63, 3.8) is 0 Å². The maximum Gasteiger partial charge on any atom is 0.335 e. The number of carboxylic acids is 1. The molecule has 0 aliphatic carbocycles. The van der Waals surface area contributed by atoms with Crippen LogP contribution in [-0.2, 0) is 33.3 Å². The first kappa shape index (κ1) is 55.7. The number of carbonyl (C=O) groups is 3. The van der Waals surface area contributed by atoms with Crippen molar-refractivity contribution in [3.05, 3.63) is 72.9 Å². The second-order valence-corrected chi connectivity index (χ2v) is 15.9. The van der Waals surface area contributed by atoms with Crippen molar-refractivity contribution in [2.24, 2.45) is 0 Å². The fourth-order valence-corrected chi connectivity index (χ4v) is 6.60. The predicted molar refractivity (Wildman–Crippen MR) is 243 cm³/mol. The molecule has 0 radical (unpaired) electrons. The smallest absolute Gasteiger partial charge is 0.335 e. The van der Waals surface area contributed by atoms with Crippen molar-refractivity contribution >= 4 is 17.9 Å². The van der Waals surface area contributed by atoms with Crippen LogP contribution in [0.1, 0.15) is 174 Å². The third kappa shape index (κ3) is 31.2. The van der Waals surface area contributed by atoms with Crippen molar-refractivity contribution < 1.29 is 53.8 Å². The van der Waals surface area contributed by atoms with Crippen molar-refractivity contribution in [1.29, 1.82) is 0 Å². The van der Waals surface area contributed by atoms with Gasteiger partial charge in [-0.1, -0.05) is 151 Å². The standard InChI is InChI=1S/C50H82O11/c1-3-5-7-9-11-13-15-17-19-21-22-23-25-26-28-30-32-34-36-38-43(51)58-40-42(41-59-50-47(55)45(53)46(54)48(61-50)49(56)57)60-44(52)39-37-35-33-31-29-27-24-20-18-16-14-12-10-8-6-4-2/h5,7,11,13,17,19-20,22-24,26,28,42,45-48,50,53-55H,3-4,6,8-10,12,14-16,18,21,25,27,29-41H2,1-2H3,(H,56,57)/b7-5-,13-11-,19-17-,23-22-,24-20-,28-26-. The van der Waals surface area contributed by atoms with E-state index in [0.717, 1.165) is 89.9 Å². The minimum absolute atomic E-state index is 0.162. The van der Waals surface area contributed by atoms with Gasteiger partial charge in [-0.25, -0.2) is 4.79 Å². The molecule has 11 heteroatoms. The highest BCUT2D eigenvalue weighted by molar-refractivity contribution is 5.73. The molecule has 1 aliphatic rings. The Morgan fingerprint density at radius 1 is 0.525 bits per heavy atom. The second kappa shape index (κ2) is 39.5. The molecule has 1 heterocycles.